The summed E-state index contributed by atoms with van der Waals surface area (Å²) >= 11 is 0. The van der Waals surface area contributed by atoms with Crippen LogP contribution in [-0.4, -0.2) is 67.0 Å². The van der Waals surface area contributed by atoms with Crippen molar-refractivity contribution in [3.05, 3.63) is 41.3 Å². The number of benzene rings is 1. The molecule has 1 amide bonds. The van der Waals surface area contributed by atoms with Gasteiger partial charge in [0.15, 0.2) is 0 Å². The Morgan fingerprint density at radius 3 is 2.76 bits per heavy atom. The van der Waals surface area contributed by atoms with Gasteiger partial charge in [-0.15, -0.1) is 0 Å². The van der Waals surface area contributed by atoms with E-state index in [4.69, 9.17) is 0 Å². The summed E-state index contributed by atoms with van der Waals surface area (Å²) in [4.78, 5) is 21.5. The monoisotopic (exact) mass is 344 g/mol. The summed E-state index contributed by atoms with van der Waals surface area (Å²) in [5.41, 5.74) is 1.75. The fourth-order valence-corrected chi connectivity index (χ4v) is 3.14. The number of halogens is 1. The highest BCUT2D eigenvalue weighted by atomic mass is 19.1. The van der Waals surface area contributed by atoms with E-state index in [2.05, 4.69) is 27.1 Å². The molecule has 3 rings (SSSR count). The minimum Gasteiger partial charge on any atom is -0.352 e. The van der Waals surface area contributed by atoms with Crippen LogP contribution in [0.15, 0.2) is 24.3 Å². The number of amides is 1. The fourth-order valence-electron chi connectivity index (χ4n) is 3.14. The predicted molar refractivity (Wildman–Crippen MR) is 97.3 cm³/mol. The number of fused-ring (bicyclic) bond motifs is 1. The lowest BCUT2D eigenvalue weighted by atomic mass is 10.1. The van der Waals surface area contributed by atoms with E-state index < -0.39 is 0 Å². The lowest BCUT2D eigenvalue weighted by Gasteiger charge is -2.32. The molecule has 1 N–H and O–H groups in total. The first kappa shape index (κ1) is 17.8. The SMILES string of the molecule is Cc1nc2cc(F)ccc2cc1C(=O)NCCCN1CCN(C)CC1. The van der Waals surface area contributed by atoms with Gasteiger partial charge in [-0.25, -0.2) is 4.39 Å². The number of rotatable bonds is 5. The molecule has 1 aliphatic rings. The molecule has 1 aromatic carbocycles. The van der Waals surface area contributed by atoms with E-state index in [1.54, 1.807) is 19.1 Å². The van der Waals surface area contributed by atoms with Crippen LogP contribution >= 0.6 is 0 Å². The number of hydrogen-bond donors (Lipinski definition) is 1. The summed E-state index contributed by atoms with van der Waals surface area (Å²) in [7, 11) is 2.14. The molecule has 2 aromatic rings. The van der Waals surface area contributed by atoms with E-state index in [1.807, 2.05) is 0 Å². The van der Waals surface area contributed by atoms with Gasteiger partial charge in [-0.1, -0.05) is 0 Å². The molecule has 1 aliphatic heterocycles. The summed E-state index contributed by atoms with van der Waals surface area (Å²) in [6, 6.07) is 6.21. The third-order valence-electron chi connectivity index (χ3n) is 4.75. The molecule has 1 aromatic heterocycles. The predicted octanol–water partition coefficient (Wildman–Crippen LogP) is 2.05. The zero-order valence-electron chi connectivity index (χ0n) is 14.9. The van der Waals surface area contributed by atoms with Crippen LogP contribution in [-0.2, 0) is 0 Å². The summed E-state index contributed by atoms with van der Waals surface area (Å²) in [6.45, 7) is 7.82. The number of nitrogens with one attached hydrogen (secondary N) is 1. The Labute approximate surface area is 147 Å². The number of carbonyl (C=O) groups is 1. The van der Waals surface area contributed by atoms with Crippen molar-refractivity contribution in [3.63, 3.8) is 0 Å². The van der Waals surface area contributed by atoms with Gasteiger partial charge in [-0.2, -0.15) is 0 Å². The van der Waals surface area contributed by atoms with E-state index in [0.717, 1.165) is 44.5 Å². The van der Waals surface area contributed by atoms with Gasteiger partial charge >= 0.3 is 0 Å². The number of aryl methyl sites for hydroxylation is 1. The summed E-state index contributed by atoms with van der Waals surface area (Å²) in [5.74, 6) is -0.435. The quantitative estimate of drug-likeness (QED) is 0.844. The number of aromatic nitrogens is 1. The molecule has 1 fully saturated rings. The molecule has 0 aliphatic carbocycles. The summed E-state index contributed by atoms with van der Waals surface area (Å²) in [5, 5.41) is 3.75. The maximum absolute atomic E-state index is 13.3. The largest absolute Gasteiger partial charge is 0.352 e. The van der Waals surface area contributed by atoms with Crippen LogP contribution in [0.5, 0.6) is 0 Å². The number of likely N-dealkylation sites (N-methyl/N-ethyl adjacent to an activating group) is 1. The Hall–Kier alpha value is -2.05. The highest BCUT2D eigenvalue weighted by molar-refractivity contribution is 5.98. The maximum atomic E-state index is 13.3. The van der Waals surface area contributed by atoms with Gasteiger partial charge in [0.2, 0.25) is 0 Å². The Morgan fingerprint density at radius 1 is 1.24 bits per heavy atom. The van der Waals surface area contributed by atoms with Gasteiger partial charge in [0.25, 0.3) is 5.91 Å². The summed E-state index contributed by atoms with van der Waals surface area (Å²) in [6.07, 6.45) is 0.931. The minimum atomic E-state index is -0.319. The number of nitrogens with zero attached hydrogens (tertiary/aromatic N) is 3. The van der Waals surface area contributed by atoms with E-state index >= 15 is 0 Å². The third kappa shape index (κ3) is 4.52. The topological polar surface area (TPSA) is 48.5 Å². The fraction of sp³-hybridized carbons (Fsp3) is 0.474. The van der Waals surface area contributed by atoms with Gasteiger partial charge in [0.1, 0.15) is 5.82 Å². The molecular formula is C19H25FN4O. The van der Waals surface area contributed by atoms with Crippen LogP contribution in [0.1, 0.15) is 22.5 Å². The van der Waals surface area contributed by atoms with E-state index in [1.165, 1.54) is 12.1 Å². The molecule has 134 valence electrons. The number of carbonyl (C=O) groups excluding carboxylic acids is 1. The van der Waals surface area contributed by atoms with Gasteiger partial charge in [-0.3, -0.25) is 9.78 Å². The Kier molecular flexibility index (Phi) is 5.60. The standard InChI is InChI=1S/C19H25FN4O/c1-14-17(12-15-4-5-16(20)13-18(15)22-14)19(25)21-6-3-7-24-10-8-23(2)9-11-24/h4-5,12-13H,3,6-11H2,1-2H3,(H,21,25). The van der Waals surface area contributed by atoms with E-state index in [-0.39, 0.29) is 11.7 Å². The lowest BCUT2D eigenvalue weighted by Crippen LogP contribution is -2.45. The number of hydrogen-bond acceptors (Lipinski definition) is 4. The van der Waals surface area contributed by atoms with Crippen LogP contribution in [0.4, 0.5) is 4.39 Å². The number of piperazine rings is 1. The molecule has 6 heteroatoms. The van der Waals surface area contributed by atoms with Crippen LogP contribution < -0.4 is 5.32 Å². The van der Waals surface area contributed by atoms with Crippen LogP contribution in [0, 0.1) is 12.7 Å². The molecule has 0 spiro atoms. The van der Waals surface area contributed by atoms with Gasteiger partial charge in [-0.05, 0) is 45.1 Å². The van der Waals surface area contributed by atoms with Gasteiger partial charge in [0, 0.05) is 44.2 Å². The van der Waals surface area contributed by atoms with Crippen molar-refractivity contribution in [1.82, 2.24) is 20.1 Å². The van der Waals surface area contributed by atoms with E-state index in [0.29, 0.717) is 23.3 Å². The van der Waals surface area contributed by atoms with Crippen molar-refractivity contribution in [1.29, 1.82) is 0 Å². The maximum Gasteiger partial charge on any atom is 0.253 e. The molecule has 0 saturated carbocycles. The molecule has 2 heterocycles. The van der Waals surface area contributed by atoms with Crippen molar-refractivity contribution in [2.45, 2.75) is 13.3 Å². The molecule has 0 atom stereocenters. The zero-order chi connectivity index (χ0) is 17.8. The molecule has 25 heavy (non-hydrogen) atoms. The zero-order valence-corrected chi connectivity index (χ0v) is 14.9. The first-order valence-corrected chi connectivity index (χ1v) is 8.79. The first-order valence-electron chi connectivity index (χ1n) is 8.79. The van der Waals surface area contributed by atoms with Crippen molar-refractivity contribution in [3.8, 4) is 0 Å². The van der Waals surface area contributed by atoms with Crippen LogP contribution in [0.3, 0.4) is 0 Å². The normalized spacial score (nSPS) is 16.3. The molecule has 1 saturated heterocycles. The van der Waals surface area contributed by atoms with Crippen molar-refractivity contribution in [2.75, 3.05) is 46.3 Å². The Bertz CT molecular complexity index is 756. The number of pyridine rings is 1. The highest BCUT2D eigenvalue weighted by Crippen LogP contribution is 2.17. The Morgan fingerprint density at radius 2 is 2.00 bits per heavy atom. The smallest absolute Gasteiger partial charge is 0.253 e. The lowest BCUT2D eigenvalue weighted by molar-refractivity contribution is 0.0948. The van der Waals surface area contributed by atoms with Crippen molar-refractivity contribution >= 4 is 16.8 Å². The second-order valence-electron chi connectivity index (χ2n) is 6.71. The molecular weight excluding hydrogens is 319 g/mol. The summed E-state index contributed by atoms with van der Waals surface area (Å²) < 4.78 is 13.3. The third-order valence-corrected chi connectivity index (χ3v) is 4.75. The van der Waals surface area contributed by atoms with Gasteiger partial charge < -0.3 is 15.1 Å². The average molecular weight is 344 g/mol. The van der Waals surface area contributed by atoms with Crippen LogP contribution in [0.2, 0.25) is 0 Å². The minimum absolute atomic E-state index is 0.116. The van der Waals surface area contributed by atoms with Crippen LogP contribution in [0.25, 0.3) is 10.9 Å². The Balaban J connectivity index is 1.53. The molecule has 5 nitrogen and oxygen atoms in total. The van der Waals surface area contributed by atoms with Gasteiger partial charge in [0.05, 0.1) is 16.8 Å². The van der Waals surface area contributed by atoms with Crippen molar-refractivity contribution < 1.29 is 9.18 Å². The average Bonchev–Trinajstić information content (AvgIpc) is 2.59. The molecule has 0 radical (unpaired) electrons. The molecule has 0 bridgehead atoms. The van der Waals surface area contributed by atoms with Crippen molar-refractivity contribution in [2.24, 2.45) is 0 Å². The second-order valence-corrected chi connectivity index (χ2v) is 6.71. The molecule has 0 unspecified atom stereocenters. The second kappa shape index (κ2) is 7.89. The highest BCUT2D eigenvalue weighted by Gasteiger charge is 2.14. The first-order chi connectivity index (χ1) is 12.0. The van der Waals surface area contributed by atoms with E-state index in [9.17, 15) is 9.18 Å².